The third-order valence-corrected chi connectivity index (χ3v) is 6.72. The summed E-state index contributed by atoms with van der Waals surface area (Å²) in [5.41, 5.74) is 4.05. The zero-order chi connectivity index (χ0) is 26.4. The van der Waals surface area contributed by atoms with E-state index in [1.807, 2.05) is 6.07 Å². The fourth-order valence-corrected chi connectivity index (χ4v) is 5.03. The molecule has 190 valence electrons. The van der Waals surface area contributed by atoms with Gasteiger partial charge in [0.1, 0.15) is 17.8 Å². The summed E-state index contributed by atoms with van der Waals surface area (Å²) in [6.07, 6.45) is 2.67. The van der Waals surface area contributed by atoms with Gasteiger partial charge < -0.3 is 14.9 Å². The van der Waals surface area contributed by atoms with Gasteiger partial charge in [0.15, 0.2) is 0 Å². The number of pyridine rings is 1. The van der Waals surface area contributed by atoms with Crippen molar-refractivity contribution in [1.82, 2.24) is 34.7 Å². The zero-order valence-electron chi connectivity index (χ0n) is 20.0. The quantitative estimate of drug-likeness (QED) is 0.351. The Kier molecular flexibility index (Phi) is 5.84. The summed E-state index contributed by atoms with van der Waals surface area (Å²) in [6, 6.07) is 15.1. The summed E-state index contributed by atoms with van der Waals surface area (Å²) in [6.45, 7) is 1.42. The minimum absolute atomic E-state index is 0.191. The van der Waals surface area contributed by atoms with Crippen LogP contribution >= 0.6 is 11.6 Å². The van der Waals surface area contributed by atoms with Gasteiger partial charge in [-0.05, 0) is 65.2 Å². The number of nitrogens with one attached hydrogen (secondary N) is 2. The molecule has 3 aromatic heterocycles. The lowest BCUT2D eigenvalue weighted by Crippen LogP contribution is -2.24. The highest BCUT2D eigenvalue weighted by molar-refractivity contribution is 6.31. The number of amides is 1. The van der Waals surface area contributed by atoms with Crippen molar-refractivity contribution >= 4 is 23.2 Å². The topological polar surface area (TPSA) is 123 Å². The number of aromatic amines is 1. The van der Waals surface area contributed by atoms with E-state index in [2.05, 4.69) is 30.8 Å². The molecule has 38 heavy (non-hydrogen) atoms. The van der Waals surface area contributed by atoms with Gasteiger partial charge in [-0.15, -0.1) is 5.10 Å². The van der Waals surface area contributed by atoms with Crippen LogP contribution in [0.1, 0.15) is 30.9 Å². The first-order valence-electron chi connectivity index (χ1n) is 11.8. The van der Waals surface area contributed by atoms with Crippen LogP contribution in [0.25, 0.3) is 28.1 Å². The fourth-order valence-electron chi connectivity index (χ4n) is 4.86. The van der Waals surface area contributed by atoms with E-state index in [1.54, 1.807) is 47.0 Å². The fraction of sp³-hybridized carbons (Fsp3) is 0.154. The molecule has 0 bridgehead atoms. The Morgan fingerprint density at radius 2 is 1.95 bits per heavy atom. The zero-order valence-corrected chi connectivity index (χ0v) is 20.8. The van der Waals surface area contributed by atoms with Gasteiger partial charge in [0.05, 0.1) is 11.7 Å². The number of anilines is 1. The van der Waals surface area contributed by atoms with Crippen molar-refractivity contribution in [2.45, 2.75) is 25.8 Å². The molecule has 0 saturated carbocycles. The van der Waals surface area contributed by atoms with E-state index in [0.717, 1.165) is 5.69 Å². The first-order valence-corrected chi connectivity index (χ1v) is 12.2. The highest BCUT2D eigenvalue weighted by Gasteiger charge is 2.29. The second-order valence-electron chi connectivity index (χ2n) is 8.96. The minimum atomic E-state index is -0.657. The monoisotopic (exact) mass is 530 g/mol. The van der Waals surface area contributed by atoms with Gasteiger partial charge in [-0.3, -0.25) is 9.59 Å². The Morgan fingerprint density at radius 1 is 1.13 bits per heavy atom. The molecule has 0 saturated heterocycles. The summed E-state index contributed by atoms with van der Waals surface area (Å²) >= 11 is 6.28. The molecule has 1 amide bonds. The van der Waals surface area contributed by atoms with Crippen molar-refractivity contribution in [3.05, 3.63) is 93.8 Å². The van der Waals surface area contributed by atoms with Crippen LogP contribution in [-0.4, -0.2) is 40.6 Å². The molecule has 5 aromatic rings. The van der Waals surface area contributed by atoms with Gasteiger partial charge in [-0.1, -0.05) is 23.7 Å². The highest BCUT2D eigenvalue weighted by atomic mass is 35.5. The molecular weight excluding hydrogens is 511 g/mol. The predicted molar refractivity (Wildman–Crippen MR) is 139 cm³/mol. The molecule has 6 rings (SSSR count). The summed E-state index contributed by atoms with van der Waals surface area (Å²) in [5.74, 6) is -0.479. The maximum absolute atomic E-state index is 14.9. The maximum Gasteiger partial charge on any atom is 0.252 e. The highest BCUT2D eigenvalue weighted by Crippen LogP contribution is 2.35. The number of imidazole rings is 1. The molecule has 0 aliphatic carbocycles. The average Bonchev–Trinajstić information content (AvgIpc) is 3.64. The summed E-state index contributed by atoms with van der Waals surface area (Å²) in [4.78, 5) is 31.8. The maximum atomic E-state index is 14.9. The van der Waals surface area contributed by atoms with E-state index in [0.29, 0.717) is 51.8 Å². The van der Waals surface area contributed by atoms with Crippen LogP contribution in [0.15, 0.2) is 65.7 Å². The van der Waals surface area contributed by atoms with Crippen LogP contribution in [0.2, 0.25) is 5.02 Å². The molecular formula is C26H20ClFN8O2. The number of rotatable bonds is 5. The number of hydrogen-bond acceptors (Lipinski definition) is 6. The van der Waals surface area contributed by atoms with Crippen LogP contribution in [0.4, 0.5) is 10.1 Å². The summed E-state index contributed by atoms with van der Waals surface area (Å²) in [7, 11) is 0. The Labute approximate surface area is 220 Å². The van der Waals surface area contributed by atoms with E-state index >= 15 is 0 Å². The molecule has 1 aliphatic rings. The number of benzene rings is 2. The molecule has 4 heterocycles. The molecule has 10 nitrogen and oxygen atoms in total. The van der Waals surface area contributed by atoms with E-state index in [9.17, 15) is 14.0 Å². The number of carbonyl (C=O) groups excluding carboxylic acids is 1. The molecule has 0 radical (unpaired) electrons. The van der Waals surface area contributed by atoms with Gasteiger partial charge >= 0.3 is 0 Å². The lowest BCUT2D eigenvalue weighted by Gasteiger charge is -2.15. The van der Waals surface area contributed by atoms with Crippen LogP contribution < -0.4 is 10.9 Å². The lowest BCUT2D eigenvalue weighted by atomic mass is 10.0. The molecule has 0 fully saturated rings. The first-order chi connectivity index (χ1) is 18.4. The van der Waals surface area contributed by atoms with Crippen molar-refractivity contribution in [2.75, 3.05) is 5.32 Å². The molecule has 2 aromatic carbocycles. The normalized spacial score (nSPS) is 14.4. The number of nitrogens with zero attached hydrogens (tertiary/aromatic N) is 6. The molecule has 12 heteroatoms. The van der Waals surface area contributed by atoms with Gasteiger partial charge in [0, 0.05) is 40.5 Å². The van der Waals surface area contributed by atoms with Crippen LogP contribution in [-0.2, 0) is 11.2 Å². The third kappa shape index (κ3) is 4.26. The lowest BCUT2D eigenvalue weighted by molar-refractivity contribution is -0.114. The van der Waals surface area contributed by atoms with Gasteiger partial charge in [0.2, 0.25) is 11.9 Å². The Morgan fingerprint density at radius 3 is 2.68 bits per heavy atom. The third-order valence-electron chi connectivity index (χ3n) is 6.49. The number of tetrazole rings is 1. The smallest absolute Gasteiger partial charge is 0.252 e. The van der Waals surface area contributed by atoms with E-state index in [-0.39, 0.29) is 17.2 Å². The van der Waals surface area contributed by atoms with Crippen molar-refractivity contribution in [1.29, 1.82) is 0 Å². The second-order valence-corrected chi connectivity index (χ2v) is 9.40. The molecule has 2 N–H and O–H groups in total. The van der Waals surface area contributed by atoms with Gasteiger partial charge in [-0.25, -0.2) is 4.98 Å². The molecule has 0 spiro atoms. The average molecular weight is 531 g/mol. The number of H-pyrrole nitrogens is 1. The SMILES string of the molecule is CC(=O)Nc1ccc(-c2[nH]c([C@@H]3CCc4cc(-c5cc(Cl)ccc5-n5cnnn5)cc(=O)n43)nc2F)cc1. The van der Waals surface area contributed by atoms with E-state index < -0.39 is 12.0 Å². The van der Waals surface area contributed by atoms with Crippen LogP contribution in [0.5, 0.6) is 0 Å². The number of aryl methyl sites for hydroxylation is 1. The van der Waals surface area contributed by atoms with E-state index in [1.165, 1.54) is 24.0 Å². The number of carbonyl (C=O) groups is 1. The minimum Gasteiger partial charge on any atom is -0.338 e. The number of hydrogen-bond donors (Lipinski definition) is 2. The van der Waals surface area contributed by atoms with Gasteiger partial charge in [0.25, 0.3) is 5.56 Å². The summed E-state index contributed by atoms with van der Waals surface area (Å²) in [5, 5.41) is 14.6. The molecule has 1 atom stereocenters. The van der Waals surface area contributed by atoms with Crippen molar-refractivity contribution < 1.29 is 9.18 Å². The first kappa shape index (κ1) is 23.7. The predicted octanol–water partition coefficient (Wildman–Crippen LogP) is 4.17. The standard InChI is InChI=1S/C26H20ClFN8O2/c1-14(37)30-18-5-2-15(3-6-18)24-25(28)32-26(31-24)22-9-7-19-10-16(11-23(38)36(19)22)20-12-17(27)4-8-21(20)35-13-29-33-34-35/h2-6,8,10-13,22H,7,9H2,1H3,(H,30,37)(H,31,32)/t22-/m0/s1. The number of halogens is 2. The Balaban J connectivity index is 1.35. The Hall–Kier alpha value is -4.64. The van der Waals surface area contributed by atoms with Crippen LogP contribution in [0, 0.1) is 5.95 Å². The van der Waals surface area contributed by atoms with Crippen molar-refractivity contribution in [2.24, 2.45) is 0 Å². The van der Waals surface area contributed by atoms with Crippen LogP contribution in [0.3, 0.4) is 0 Å². The van der Waals surface area contributed by atoms with E-state index in [4.69, 9.17) is 11.6 Å². The second kappa shape index (κ2) is 9.34. The molecule has 1 aliphatic heterocycles. The van der Waals surface area contributed by atoms with Gasteiger partial charge in [-0.2, -0.15) is 9.07 Å². The largest absolute Gasteiger partial charge is 0.338 e. The van der Waals surface area contributed by atoms with Crippen molar-refractivity contribution in [3.63, 3.8) is 0 Å². The molecule has 0 unspecified atom stereocenters. The summed E-state index contributed by atoms with van der Waals surface area (Å²) < 4.78 is 18.1. The number of aromatic nitrogens is 7. The van der Waals surface area contributed by atoms with Crippen molar-refractivity contribution in [3.8, 4) is 28.1 Å². The Bertz CT molecular complexity index is 1730. The number of fused-ring (bicyclic) bond motifs is 1.